The molecule has 1 aliphatic heterocycles. The summed E-state index contributed by atoms with van der Waals surface area (Å²) >= 11 is 6.29. The number of halogens is 6. The highest BCUT2D eigenvalue weighted by molar-refractivity contribution is 8.15. The maximum absolute atomic E-state index is 12.8. The van der Waals surface area contributed by atoms with E-state index < -0.39 is 25.1 Å². The SMILES string of the molecule is Cc1ccc(OCC(F)(F)F)c(N2C(=O)CSC2=NC(=S)NOCc2ccc(-c3ncn(-c4ccc(OC(F)(F)F)cc4)n3)cc2)c1. The monoisotopic (exact) mass is 696 g/mol. The zero-order valence-electron chi connectivity index (χ0n) is 24.0. The molecule has 1 amide bonds. The van der Waals surface area contributed by atoms with Gasteiger partial charge in [0.2, 0.25) is 11.0 Å². The Morgan fingerprint density at radius 2 is 1.77 bits per heavy atom. The first-order chi connectivity index (χ1) is 22.2. The fraction of sp³-hybridized carbons (Fsp3) is 0.207. The molecule has 1 N–H and O–H groups in total. The number of aryl methyl sites for hydroxylation is 1. The maximum atomic E-state index is 12.8. The molecule has 0 atom stereocenters. The average Bonchev–Trinajstić information content (AvgIpc) is 3.63. The number of hydrogen-bond donors (Lipinski definition) is 1. The summed E-state index contributed by atoms with van der Waals surface area (Å²) in [4.78, 5) is 27.8. The molecule has 1 saturated heterocycles. The smallest absolute Gasteiger partial charge is 0.482 e. The molecule has 4 aromatic rings. The van der Waals surface area contributed by atoms with Crippen LogP contribution in [-0.4, -0.2) is 55.9 Å². The van der Waals surface area contributed by atoms with Gasteiger partial charge in [-0.05, 0) is 66.7 Å². The van der Waals surface area contributed by atoms with Gasteiger partial charge in [0.1, 0.15) is 17.8 Å². The van der Waals surface area contributed by atoms with Crippen molar-refractivity contribution in [1.29, 1.82) is 0 Å². The summed E-state index contributed by atoms with van der Waals surface area (Å²) < 4.78 is 85.8. The van der Waals surface area contributed by atoms with Crippen LogP contribution in [0.3, 0.4) is 0 Å². The molecule has 1 aliphatic rings. The highest BCUT2D eigenvalue weighted by Gasteiger charge is 2.34. The second-order valence-corrected chi connectivity index (χ2v) is 11.1. The number of rotatable bonds is 9. The molecule has 0 spiro atoms. The molecule has 0 saturated carbocycles. The lowest BCUT2D eigenvalue weighted by atomic mass is 10.1. The van der Waals surface area contributed by atoms with Crippen molar-refractivity contribution in [3.05, 3.63) is 84.2 Å². The summed E-state index contributed by atoms with van der Waals surface area (Å²) in [6, 6.07) is 16.6. The first-order valence-corrected chi connectivity index (χ1v) is 14.8. The number of alkyl halides is 6. The van der Waals surface area contributed by atoms with E-state index in [4.69, 9.17) is 21.8 Å². The third-order valence-corrected chi connectivity index (χ3v) is 7.24. The number of aromatic nitrogens is 3. The molecule has 1 aromatic heterocycles. The molecule has 0 unspecified atom stereocenters. The van der Waals surface area contributed by atoms with Crippen LogP contribution >= 0.6 is 24.0 Å². The zero-order chi connectivity index (χ0) is 33.8. The highest BCUT2D eigenvalue weighted by Crippen LogP contribution is 2.36. The Morgan fingerprint density at radius 1 is 1.04 bits per heavy atom. The number of amides is 1. The van der Waals surface area contributed by atoms with E-state index in [0.717, 1.165) is 22.2 Å². The third-order valence-electron chi connectivity index (χ3n) is 6.15. The fourth-order valence-electron chi connectivity index (χ4n) is 4.13. The Labute approximate surface area is 272 Å². The molecule has 1 fully saturated rings. The Hall–Kier alpha value is -4.68. The van der Waals surface area contributed by atoms with Crippen molar-refractivity contribution in [3.63, 3.8) is 0 Å². The quantitative estimate of drug-likeness (QED) is 0.119. The van der Waals surface area contributed by atoms with E-state index in [0.29, 0.717) is 22.6 Å². The van der Waals surface area contributed by atoms with Crippen LogP contribution in [0.4, 0.5) is 32.0 Å². The van der Waals surface area contributed by atoms with Crippen LogP contribution < -0.4 is 19.9 Å². The second-order valence-electron chi connectivity index (χ2n) is 9.73. The summed E-state index contributed by atoms with van der Waals surface area (Å²) in [5, 5.41) is 4.38. The molecule has 18 heteroatoms. The van der Waals surface area contributed by atoms with E-state index in [9.17, 15) is 31.1 Å². The van der Waals surface area contributed by atoms with E-state index in [1.807, 2.05) is 0 Å². The number of hydrogen-bond acceptors (Lipinski definition) is 8. The van der Waals surface area contributed by atoms with Crippen molar-refractivity contribution in [3.8, 4) is 28.6 Å². The minimum atomic E-state index is -4.79. The molecular formula is C29H22F6N6O4S2. The summed E-state index contributed by atoms with van der Waals surface area (Å²) in [5.74, 6) is -0.529. The molecule has 0 aliphatic carbocycles. The number of ether oxygens (including phenoxy) is 2. The number of carbonyl (C=O) groups excluding carboxylic acids is 1. The van der Waals surface area contributed by atoms with E-state index in [1.54, 1.807) is 37.3 Å². The predicted molar refractivity (Wildman–Crippen MR) is 164 cm³/mol. The summed E-state index contributed by atoms with van der Waals surface area (Å²) in [7, 11) is 0. The Kier molecular flexibility index (Phi) is 10.0. The summed E-state index contributed by atoms with van der Waals surface area (Å²) in [5.41, 5.74) is 5.19. The molecule has 5 rings (SSSR count). The van der Waals surface area contributed by atoms with Crippen molar-refractivity contribution in [2.45, 2.75) is 26.1 Å². The number of carbonyl (C=O) groups is 1. The van der Waals surface area contributed by atoms with Gasteiger partial charge in [-0.1, -0.05) is 42.1 Å². The average molecular weight is 697 g/mol. The number of amidine groups is 1. The number of nitrogens with zero attached hydrogens (tertiary/aromatic N) is 5. The van der Waals surface area contributed by atoms with E-state index in [1.165, 1.54) is 47.4 Å². The second kappa shape index (κ2) is 14.0. The minimum absolute atomic E-state index is 0.00238. The number of nitrogens with one attached hydrogen (secondary N) is 1. The van der Waals surface area contributed by atoms with Gasteiger partial charge in [0.05, 0.1) is 23.7 Å². The molecular weight excluding hydrogens is 674 g/mol. The number of benzene rings is 3. The minimum Gasteiger partial charge on any atom is -0.482 e. The van der Waals surface area contributed by atoms with Gasteiger partial charge in [0, 0.05) is 5.56 Å². The standard InChI is InChI=1S/C29H22F6N6O4S2/c1-17-2-11-23(43-15-28(30,31)32)22(12-17)41-24(42)14-47-27(41)37-26(46)39-44-13-18-3-5-19(6-4-18)25-36-16-40(38-25)20-7-9-21(10-8-20)45-29(33,34)35/h2-12,16H,13-15H2,1H3,(H,39,46). The molecule has 0 bridgehead atoms. The molecule has 10 nitrogen and oxygen atoms in total. The van der Waals surface area contributed by atoms with Crippen LogP contribution in [0.2, 0.25) is 0 Å². The maximum Gasteiger partial charge on any atom is 0.573 e. The first-order valence-electron chi connectivity index (χ1n) is 13.4. The Balaban J connectivity index is 1.17. The van der Waals surface area contributed by atoms with E-state index >= 15 is 0 Å². The molecule has 3 aromatic carbocycles. The van der Waals surface area contributed by atoms with Crippen molar-refractivity contribution in [2.24, 2.45) is 4.99 Å². The molecule has 0 radical (unpaired) electrons. The van der Waals surface area contributed by atoms with Gasteiger partial charge in [0.15, 0.2) is 17.6 Å². The lowest BCUT2D eigenvalue weighted by molar-refractivity contribution is -0.274. The van der Waals surface area contributed by atoms with Crippen LogP contribution in [0.15, 0.2) is 78.0 Å². The van der Waals surface area contributed by atoms with Crippen LogP contribution in [0.1, 0.15) is 11.1 Å². The van der Waals surface area contributed by atoms with Crippen LogP contribution in [0, 0.1) is 6.92 Å². The number of thiocarbonyl (C=S) groups is 1. The largest absolute Gasteiger partial charge is 0.573 e. The van der Waals surface area contributed by atoms with Crippen molar-refractivity contribution >= 4 is 45.9 Å². The Bertz CT molecular complexity index is 1780. The van der Waals surface area contributed by atoms with Crippen LogP contribution in [0.5, 0.6) is 11.5 Å². The summed E-state index contributed by atoms with van der Waals surface area (Å²) in [6.07, 6.45) is -7.93. The lowest BCUT2D eigenvalue weighted by Gasteiger charge is -2.21. The van der Waals surface area contributed by atoms with Gasteiger partial charge in [-0.3, -0.25) is 14.5 Å². The van der Waals surface area contributed by atoms with Gasteiger partial charge in [0.25, 0.3) is 0 Å². The number of thioether (sulfide) groups is 1. The molecule has 2 heterocycles. The normalized spacial score (nSPS) is 14.5. The van der Waals surface area contributed by atoms with Gasteiger partial charge in [-0.25, -0.2) is 15.1 Å². The number of anilines is 1. The van der Waals surface area contributed by atoms with E-state index in [-0.39, 0.29) is 39.8 Å². The van der Waals surface area contributed by atoms with Crippen LogP contribution in [-0.2, 0) is 16.2 Å². The van der Waals surface area contributed by atoms with Gasteiger partial charge in [-0.15, -0.1) is 18.3 Å². The van der Waals surface area contributed by atoms with Crippen molar-refractivity contribution in [2.75, 3.05) is 17.3 Å². The summed E-state index contributed by atoms with van der Waals surface area (Å²) in [6.45, 7) is 0.253. The van der Waals surface area contributed by atoms with Crippen molar-refractivity contribution in [1.82, 2.24) is 20.2 Å². The zero-order valence-corrected chi connectivity index (χ0v) is 25.6. The Morgan fingerprint density at radius 3 is 2.45 bits per heavy atom. The molecule has 47 heavy (non-hydrogen) atoms. The third kappa shape index (κ3) is 9.20. The van der Waals surface area contributed by atoms with Gasteiger partial charge in [-0.2, -0.15) is 18.2 Å². The first kappa shape index (κ1) is 33.7. The van der Waals surface area contributed by atoms with Gasteiger partial charge >= 0.3 is 12.5 Å². The number of aliphatic imine (C=N–C) groups is 1. The number of hydroxylamine groups is 1. The van der Waals surface area contributed by atoms with Crippen LogP contribution in [0.25, 0.3) is 17.1 Å². The van der Waals surface area contributed by atoms with Crippen molar-refractivity contribution < 1.29 is 45.4 Å². The highest BCUT2D eigenvalue weighted by atomic mass is 32.2. The fourth-order valence-corrected chi connectivity index (χ4v) is 5.20. The molecule has 246 valence electrons. The lowest BCUT2D eigenvalue weighted by Crippen LogP contribution is -2.32. The van der Waals surface area contributed by atoms with Gasteiger partial charge < -0.3 is 9.47 Å². The predicted octanol–water partition coefficient (Wildman–Crippen LogP) is 6.52. The topological polar surface area (TPSA) is 103 Å². The van der Waals surface area contributed by atoms with E-state index in [2.05, 4.69) is 25.3 Å².